The highest BCUT2D eigenvalue weighted by Crippen LogP contribution is 2.26. The molecule has 0 bridgehead atoms. The van der Waals surface area contributed by atoms with Crippen LogP contribution in [0, 0.1) is 17.6 Å². The molecule has 3 rings (SSSR count). The fourth-order valence-electron chi connectivity index (χ4n) is 2.83. The molecule has 1 saturated heterocycles. The van der Waals surface area contributed by atoms with E-state index in [9.17, 15) is 13.6 Å². The molecule has 0 radical (unpaired) electrons. The molecule has 0 spiro atoms. The monoisotopic (exact) mass is 333 g/mol. The Bertz CT molecular complexity index is 751. The standard InChI is InChI=1S/C18H17F2NO3/c19-14-4-5-17(16(20)9-14)24-15-3-1-2-12(8-15)10-21-7-6-13(11-21)18(22)23/h1-5,8-9,13H,6-7,10-11H2,(H,22,23). The number of carbonyl (C=O) groups is 1. The first-order valence-electron chi connectivity index (χ1n) is 7.68. The van der Waals surface area contributed by atoms with Crippen molar-refractivity contribution < 1.29 is 23.4 Å². The molecule has 1 aliphatic rings. The fraction of sp³-hybridized carbons (Fsp3) is 0.278. The lowest BCUT2D eigenvalue weighted by Gasteiger charge is -2.16. The minimum absolute atomic E-state index is 0.0411. The summed E-state index contributed by atoms with van der Waals surface area (Å²) in [7, 11) is 0. The van der Waals surface area contributed by atoms with Crippen molar-refractivity contribution in [3.8, 4) is 11.5 Å². The van der Waals surface area contributed by atoms with Crippen LogP contribution in [-0.4, -0.2) is 29.1 Å². The third-order valence-electron chi connectivity index (χ3n) is 4.05. The molecule has 2 aromatic rings. The van der Waals surface area contributed by atoms with Crippen LogP contribution in [-0.2, 0) is 11.3 Å². The Hall–Kier alpha value is -2.47. The second-order valence-electron chi connectivity index (χ2n) is 5.88. The van der Waals surface area contributed by atoms with Crippen LogP contribution in [0.2, 0.25) is 0 Å². The zero-order valence-corrected chi connectivity index (χ0v) is 12.9. The molecule has 24 heavy (non-hydrogen) atoms. The number of likely N-dealkylation sites (tertiary alicyclic amines) is 1. The molecule has 0 amide bonds. The maximum Gasteiger partial charge on any atom is 0.307 e. The van der Waals surface area contributed by atoms with Gasteiger partial charge in [0.05, 0.1) is 5.92 Å². The van der Waals surface area contributed by atoms with Gasteiger partial charge in [-0.25, -0.2) is 8.78 Å². The molecule has 1 fully saturated rings. The molecule has 1 N–H and O–H groups in total. The first-order valence-corrected chi connectivity index (χ1v) is 7.68. The summed E-state index contributed by atoms with van der Waals surface area (Å²) in [6.07, 6.45) is 0.645. The highest BCUT2D eigenvalue weighted by atomic mass is 19.1. The summed E-state index contributed by atoms with van der Waals surface area (Å²) in [4.78, 5) is 13.1. The number of benzene rings is 2. The number of carboxylic acid groups (broad SMARTS) is 1. The van der Waals surface area contributed by atoms with E-state index in [1.165, 1.54) is 6.07 Å². The molecular weight excluding hydrogens is 316 g/mol. The van der Waals surface area contributed by atoms with Gasteiger partial charge in [-0.1, -0.05) is 12.1 Å². The van der Waals surface area contributed by atoms with E-state index in [-0.39, 0.29) is 11.7 Å². The van der Waals surface area contributed by atoms with Crippen molar-refractivity contribution in [3.63, 3.8) is 0 Å². The number of nitrogens with zero attached hydrogens (tertiary/aromatic N) is 1. The second kappa shape index (κ2) is 6.97. The lowest BCUT2D eigenvalue weighted by atomic mass is 10.1. The van der Waals surface area contributed by atoms with Crippen molar-refractivity contribution in [1.29, 1.82) is 0 Å². The van der Waals surface area contributed by atoms with Crippen molar-refractivity contribution in [2.45, 2.75) is 13.0 Å². The maximum absolute atomic E-state index is 13.7. The first kappa shape index (κ1) is 16.4. The van der Waals surface area contributed by atoms with Gasteiger partial charge in [0.2, 0.25) is 0 Å². The minimum atomic E-state index is -0.763. The van der Waals surface area contributed by atoms with E-state index in [0.717, 1.165) is 24.2 Å². The smallest absolute Gasteiger partial charge is 0.307 e. The van der Waals surface area contributed by atoms with Gasteiger partial charge in [0, 0.05) is 19.2 Å². The molecular formula is C18H17F2NO3. The van der Waals surface area contributed by atoms with E-state index in [1.54, 1.807) is 18.2 Å². The summed E-state index contributed by atoms with van der Waals surface area (Å²) in [6.45, 7) is 1.86. The van der Waals surface area contributed by atoms with Crippen molar-refractivity contribution in [3.05, 3.63) is 59.7 Å². The third kappa shape index (κ3) is 3.89. The number of hydrogen-bond donors (Lipinski definition) is 1. The second-order valence-corrected chi connectivity index (χ2v) is 5.88. The van der Waals surface area contributed by atoms with E-state index < -0.39 is 17.6 Å². The molecule has 0 aliphatic carbocycles. The number of ether oxygens (including phenoxy) is 1. The lowest BCUT2D eigenvalue weighted by Crippen LogP contribution is -2.22. The van der Waals surface area contributed by atoms with E-state index in [2.05, 4.69) is 4.90 Å². The Morgan fingerprint density at radius 2 is 2.08 bits per heavy atom. The van der Waals surface area contributed by atoms with Gasteiger partial charge in [-0.2, -0.15) is 0 Å². The topological polar surface area (TPSA) is 49.8 Å². The zero-order chi connectivity index (χ0) is 17.1. The first-order chi connectivity index (χ1) is 11.5. The van der Waals surface area contributed by atoms with Crippen LogP contribution in [0.5, 0.6) is 11.5 Å². The zero-order valence-electron chi connectivity index (χ0n) is 12.9. The third-order valence-corrected chi connectivity index (χ3v) is 4.05. The van der Waals surface area contributed by atoms with Crippen LogP contribution in [0.1, 0.15) is 12.0 Å². The van der Waals surface area contributed by atoms with Crippen molar-refractivity contribution in [1.82, 2.24) is 4.90 Å². The van der Waals surface area contributed by atoms with Gasteiger partial charge in [0.25, 0.3) is 0 Å². The summed E-state index contributed by atoms with van der Waals surface area (Å²) in [5.41, 5.74) is 0.945. The predicted molar refractivity (Wildman–Crippen MR) is 83.9 cm³/mol. The van der Waals surface area contributed by atoms with Gasteiger partial charge in [0.15, 0.2) is 11.6 Å². The maximum atomic E-state index is 13.7. The summed E-state index contributed by atoms with van der Waals surface area (Å²) >= 11 is 0. The van der Waals surface area contributed by atoms with Crippen LogP contribution in [0.3, 0.4) is 0 Å². The Morgan fingerprint density at radius 3 is 2.79 bits per heavy atom. The highest BCUT2D eigenvalue weighted by molar-refractivity contribution is 5.70. The van der Waals surface area contributed by atoms with E-state index in [0.29, 0.717) is 25.3 Å². The Labute approximate surface area is 138 Å². The molecule has 1 atom stereocenters. The van der Waals surface area contributed by atoms with Crippen LogP contribution in [0.25, 0.3) is 0 Å². The van der Waals surface area contributed by atoms with Gasteiger partial charge in [-0.05, 0) is 42.8 Å². The average Bonchev–Trinajstić information content (AvgIpc) is 2.99. The summed E-state index contributed by atoms with van der Waals surface area (Å²) < 4.78 is 32.1. The van der Waals surface area contributed by atoms with Gasteiger partial charge in [-0.15, -0.1) is 0 Å². The lowest BCUT2D eigenvalue weighted by molar-refractivity contribution is -0.141. The Balaban J connectivity index is 1.67. The van der Waals surface area contributed by atoms with Crippen LogP contribution in [0.4, 0.5) is 8.78 Å². The van der Waals surface area contributed by atoms with Gasteiger partial charge in [0.1, 0.15) is 11.6 Å². The summed E-state index contributed by atoms with van der Waals surface area (Å²) in [5, 5.41) is 9.04. The molecule has 6 heteroatoms. The number of hydrogen-bond acceptors (Lipinski definition) is 3. The molecule has 1 aliphatic heterocycles. The number of carboxylic acids is 1. The van der Waals surface area contributed by atoms with Gasteiger partial charge in [-0.3, -0.25) is 9.69 Å². The van der Waals surface area contributed by atoms with Crippen LogP contribution in [0.15, 0.2) is 42.5 Å². The number of halogens is 2. The summed E-state index contributed by atoms with van der Waals surface area (Å²) in [5.74, 6) is -2.09. The molecule has 0 aromatic heterocycles. The van der Waals surface area contributed by atoms with E-state index in [4.69, 9.17) is 9.84 Å². The molecule has 0 saturated carbocycles. The Morgan fingerprint density at radius 1 is 1.25 bits per heavy atom. The molecule has 126 valence electrons. The highest BCUT2D eigenvalue weighted by Gasteiger charge is 2.27. The van der Waals surface area contributed by atoms with Gasteiger partial charge < -0.3 is 9.84 Å². The molecule has 4 nitrogen and oxygen atoms in total. The minimum Gasteiger partial charge on any atom is -0.481 e. The molecule has 2 aromatic carbocycles. The molecule has 1 unspecified atom stereocenters. The average molecular weight is 333 g/mol. The SMILES string of the molecule is O=C(O)C1CCN(Cc2cccc(Oc3ccc(F)cc3F)c2)C1. The fourth-order valence-corrected chi connectivity index (χ4v) is 2.83. The summed E-state index contributed by atoms with van der Waals surface area (Å²) in [6, 6.07) is 10.3. The van der Waals surface area contributed by atoms with Crippen molar-refractivity contribution in [2.75, 3.05) is 13.1 Å². The van der Waals surface area contributed by atoms with Crippen molar-refractivity contribution >= 4 is 5.97 Å². The van der Waals surface area contributed by atoms with Crippen molar-refractivity contribution in [2.24, 2.45) is 5.92 Å². The normalized spacial score (nSPS) is 17.8. The number of rotatable bonds is 5. The number of aliphatic carboxylic acids is 1. The molecule has 1 heterocycles. The van der Waals surface area contributed by atoms with Gasteiger partial charge >= 0.3 is 5.97 Å². The predicted octanol–water partition coefficient (Wildman–Crippen LogP) is 3.66. The quantitative estimate of drug-likeness (QED) is 0.907. The Kier molecular flexibility index (Phi) is 4.76. The van der Waals surface area contributed by atoms with Crippen LogP contribution < -0.4 is 4.74 Å². The van der Waals surface area contributed by atoms with Crippen LogP contribution >= 0.6 is 0 Å². The van der Waals surface area contributed by atoms with E-state index >= 15 is 0 Å². The largest absolute Gasteiger partial charge is 0.481 e. The van der Waals surface area contributed by atoms with E-state index in [1.807, 2.05) is 6.07 Å².